The first-order chi connectivity index (χ1) is 16.0. The van der Waals surface area contributed by atoms with Crippen molar-refractivity contribution < 1.29 is 9.18 Å². The lowest BCUT2D eigenvalue weighted by Gasteiger charge is -2.10. The summed E-state index contributed by atoms with van der Waals surface area (Å²) >= 11 is 7.28. The summed E-state index contributed by atoms with van der Waals surface area (Å²) in [5.41, 5.74) is 6.02. The number of aryl methyl sites for hydroxylation is 1. The van der Waals surface area contributed by atoms with Crippen LogP contribution in [0.15, 0.2) is 83.1 Å². The monoisotopic (exact) mass is 479 g/mol. The Kier molecular flexibility index (Phi) is 7.16. The third-order valence-electron chi connectivity index (χ3n) is 4.63. The predicted molar refractivity (Wildman–Crippen MR) is 129 cm³/mol. The summed E-state index contributed by atoms with van der Waals surface area (Å²) in [5.74, 6) is 0.103. The van der Waals surface area contributed by atoms with E-state index < -0.39 is 0 Å². The number of nitrogens with one attached hydrogen (secondary N) is 1. The van der Waals surface area contributed by atoms with E-state index in [2.05, 4.69) is 20.7 Å². The standard InChI is InChI=1S/C24H19ClFN5OS/c1-16-2-12-21(13-3-16)31-23(18-6-8-19(25)9-7-18)29-30-24(31)33-15-22(32)28-27-14-17-4-10-20(26)11-5-17/h2-14H,15H2,1H3,(H,28,32). The van der Waals surface area contributed by atoms with Crippen LogP contribution in [0.1, 0.15) is 11.1 Å². The number of rotatable bonds is 7. The van der Waals surface area contributed by atoms with Gasteiger partial charge in [0.15, 0.2) is 11.0 Å². The molecule has 0 radical (unpaired) electrons. The van der Waals surface area contributed by atoms with Crippen molar-refractivity contribution in [3.8, 4) is 17.1 Å². The fourth-order valence-corrected chi connectivity index (χ4v) is 3.84. The highest BCUT2D eigenvalue weighted by molar-refractivity contribution is 7.99. The quantitative estimate of drug-likeness (QED) is 0.222. The number of carbonyl (C=O) groups excluding carboxylic acids is 1. The minimum absolute atomic E-state index is 0.0887. The van der Waals surface area contributed by atoms with Crippen molar-refractivity contribution in [2.24, 2.45) is 5.10 Å². The SMILES string of the molecule is Cc1ccc(-n2c(SCC(=O)NN=Cc3ccc(F)cc3)nnc2-c2ccc(Cl)cc2)cc1. The van der Waals surface area contributed by atoms with Crippen molar-refractivity contribution in [2.75, 3.05) is 5.75 Å². The summed E-state index contributed by atoms with van der Waals surface area (Å²) in [6.45, 7) is 2.02. The van der Waals surface area contributed by atoms with Crippen LogP contribution >= 0.6 is 23.4 Å². The molecule has 1 heterocycles. The minimum atomic E-state index is -0.330. The molecule has 0 atom stereocenters. The van der Waals surface area contributed by atoms with E-state index in [0.717, 1.165) is 16.8 Å². The maximum absolute atomic E-state index is 13.0. The van der Waals surface area contributed by atoms with E-state index in [-0.39, 0.29) is 17.5 Å². The van der Waals surface area contributed by atoms with Crippen molar-refractivity contribution in [1.29, 1.82) is 0 Å². The van der Waals surface area contributed by atoms with Crippen LogP contribution < -0.4 is 5.43 Å². The number of hydrazone groups is 1. The zero-order valence-corrected chi connectivity index (χ0v) is 19.1. The normalized spacial score (nSPS) is 11.1. The number of aromatic nitrogens is 3. The number of carbonyl (C=O) groups is 1. The van der Waals surface area contributed by atoms with Crippen LogP contribution in [0.25, 0.3) is 17.1 Å². The molecule has 1 amide bonds. The van der Waals surface area contributed by atoms with E-state index in [4.69, 9.17) is 11.6 Å². The highest BCUT2D eigenvalue weighted by Crippen LogP contribution is 2.28. The van der Waals surface area contributed by atoms with E-state index in [0.29, 0.717) is 21.6 Å². The molecule has 3 aromatic carbocycles. The molecule has 4 aromatic rings. The zero-order chi connectivity index (χ0) is 23.2. The molecule has 0 saturated heterocycles. The van der Waals surface area contributed by atoms with E-state index in [9.17, 15) is 9.18 Å². The van der Waals surface area contributed by atoms with Gasteiger partial charge in [0.1, 0.15) is 5.82 Å². The lowest BCUT2D eigenvalue weighted by Crippen LogP contribution is -2.20. The van der Waals surface area contributed by atoms with Crippen molar-refractivity contribution in [3.63, 3.8) is 0 Å². The Labute approximate surface area is 199 Å². The number of thioether (sulfide) groups is 1. The third kappa shape index (κ3) is 5.85. The molecular weight excluding hydrogens is 461 g/mol. The lowest BCUT2D eigenvalue weighted by atomic mass is 10.2. The molecule has 0 aliphatic rings. The second kappa shape index (κ2) is 10.4. The number of amides is 1. The molecule has 33 heavy (non-hydrogen) atoms. The first kappa shape index (κ1) is 22.7. The van der Waals surface area contributed by atoms with Crippen molar-refractivity contribution in [1.82, 2.24) is 20.2 Å². The van der Waals surface area contributed by atoms with Crippen molar-refractivity contribution >= 4 is 35.5 Å². The molecule has 0 spiro atoms. The summed E-state index contributed by atoms with van der Waals surface area (Å²) in [7, 11) is 0. The van der Waals surface area contributed by atoms with Gasteiger partial charge >= 0.3 is 0 Å². The third-order valence-corrected chi connectivity index (χ3v) is 5.81. The van der Waals surface area contributed by atoms with Crippen LogP contribution in [0.5, 0.6) is 0 Å². The van der Waals surface area contributed by atoms with Crippen LogP contribution in [0.4, 0.5) is 4.39 Å². The summed E-state index contributed by atoms with van der Waals surface area (Å²) in [4.78, 5) is 12.3. The Hall–Kier alpha value is -3.49. The van der Waals surface area contributed by atoms with Crippen LogP contribution in [-0.4, -0.2) is 32.6 Å². The molecule has 0 aliphatic heterocycles. The van der Waals surface area contributed by atoms with E-state index in [1.165, 1.54) is 30.1 Å². The molecule has 0 bridgehead atoms. The Bertz CT molecular complexity index is 1270. The van der Waals surface area contributed by atoms with Crippen LogP contribution in [-0.2, 0) is 4.79 Å². The van der Waals surface area contributed by atoms with Gasteiger partial charge in [0, 0.05) is 16.3 Å². The van der Waals surface area contributed by atoms with Gasteiger partial charge in [-0.1, -0.05) is 53.2 Å². The van der Waals surface area contributed by atoms with E-state index in [1.54, 1.807) is 24.3 Å². The van der Waals surface area contributed by atoms with Crippen molar-refractivity contribution in [3.05, 3.63) is 94.8 Å². The highest BCUT2D eigenvalue weighted by Gasteiger charge is 2.17. The first-order valence-electron chi connectivity index (χ1n) is 9.98. The maximum Gasteiger partial charge on any atom is 0.250 e. The first-order valence-corrected chi connectivity index (χ1v) is 11.3. The zero-order valence-electron chi connectivity index (χ0n) is 17.6. The summed E-state index contributed by atoms with van der Waals surface area (Å²) in [6.07, 6.45) is 1.45. The van der Waals surface area contributed by atoms with E-state index in [1.807, 2.05) is 47.9 Å². The molecule has 0 unspecified atom stereocenters. The van der Waals surface area contributed by atoms with Crippen LogP contribution in [0, 0.1) is 12.7 Å². The highest BCUT2D eigenvalue weighted by atomic mass is 35.5. The minimum Gasteiger partial charge on any atom is -0.272 e. The number of hydrogen-bond acceptors (Lipinski definition) is 5. The fourth-order valence-electron chi connectivity index (χ4n) is 2.97. The molecule has 0 fully saturated rings. The second-order valence-electron chi connectivity index (χ2n) is 7.12. The van der Waals surface area contributed by atoms with Gasteiger partial charge < -0.3 is 0 Å². The van der Waals surface area contributed by atoms with Gasteiger partial charge in [-0.15, -0.1) is 10.2 Å². The van der Waals surface area contributed by atoms with Crippen molar-refractivity contribution in [2.45, 2.75) is 12.1 Å². The average molecular weight is 480 g/mol. The van der Waals surface area contributed by atoms with Crippen LogP contribution in [0.2, 0.25) is 5.02 Å². The van der Waals surface area contributed by atoms with Gasteiger partial charge in [-0.25, -0.2) is 9.82 Å². The van der Waals surface area contributed by atoms with Gasteiger partial charge in [-0.2, -0.15) is 5.10 Å². The largest absolute Gasteiger partial charge is 0.272 e. The predicted octanol–water partition coefficient (Wildman–Crippen LogP) is 5.28. The van der Waals surface area contributed by atoms with Gasteiger partial charge in [0.05, 0.1) is 12.0 Å². The molecular formula is C24H19ClFN5OS. The van der Waals surface area contributed by atoms with E-state index >= 15 is 0 Å². The number of nitrogens with zero attached hydrogens (tertiary/aromatic N) is 4. The van der Waals surface area contributed by atoms with Gasteiger partial charge in [-0.3, -0.25) is 9.36 Å². The van der Waals surface area contributed by atoms with Gasteiger partial charge in [0.2, 0.25) is 0 Å². The van der Waals surface area contributed by atoms with Gasteiger partial charge in [0.25, 0.3) is 5.91 Å². The fraction of sp³-hybridized carbons (Fsp3) is 0.0833. The molecule has 0 saturated carbocycles. The molecule has 1 N–H and O–H groups in total. The molecule has 4 rings (SSSR count). The Balaban J connectivity index is 1.51. The number of benzene rings is 3. The number of hydrogen-bond donors (Lipinski definition) is 1. The smallest absolute Gasteiger partial charge is 0.250 e. The van der Waals surface area contributed by atoms with Gasteiger partial charge in [-0.05, 0) is 61.0 Å². The molecule has 166 valence electrons. The number of halogens is 2. The Morgan fingerprint density at radius 3 is 2.45 bits per heavy atom. The summed E-state index contributed by atoms with van der Waals surface area (Å²) < 4.78 is 14.9. The maximum atomic E-state index is 13.0. The Morgan fingerprint density at radius 2 is 1.76 bits per heavy atom. The Morgan fingerprint density at radius 1 is 1.06 bits per heavy atom. The summed E-state index contributed by atoms with van der Waals surface area (Å²) in [5, 5.41) is 13.8. The second-order valence-corrected chi connectivity index (χ2v) is 8.50. The molecule has 6 nitrogen and oxygen atoms in total. The molecule has 9 heteroatoms. The average Bonchev–Trinajstić information content (AvgIpc) is 3.24. The van der Waals surface area contributed by atoms with Crippen LogP contribution in [0.3, 0.4) is 0 Å². The topological polar surface area (TPSA) is 72.2 Å². The molecule has 1 aromatic heterocycles. The lowest BCUT2D eigenvalue weighted by molar-refractivity contribution is -0.118. The molecule has 0 aliphatic carbocycles. The summed E-state index contributed by atoms with van der Waals surface area (Å²) in [6, 6.07) is 21.1.